The predicted octanol–water partition coefficient (Wildman–Crippen LogP) is 2.85. The van der Waals surface area contributed by atoms with Gasteiger partial charge >= 0.3 is 5.69 Å². The highest BCUT2D eigenvalue weighted by Gasteiger charge is 2.38. The number of anilines is 2. The number of aromatic amines is 1. The van der Waals surface area contributed by atoms with E-state index < -0.39 is 11.2 Å². The molecule has 1 aromatic carbocycles. The SMILES string of the molecule is Cn1c(Nc2cccc([C@@H]3C[C@H]3CO)n2)nc2c1c(=O)n(Cc1cc3c(Cl)cccc3[nH]1)c(=O)n2C. The van der Waals surface area contributed by atoms with Crippen LogP contribution in [-0.4, -0.2) is 40.4 Å². The van der Waals surface area contributed by atoms with Crippen LogP contribution in [-0.2, 0) is 20.6 Å². The summed E-state index contributed by atoms with van der Waals surface area (Å²) in [7, 11) is 3.32. The smallest absolute Gasteiger partial charge is 0.332 e. The number of hydrogen-bond acceptors (Lipinski definition) is 6. The number of aliphatic hydroxyl groups is 1. The van der Waals surface area contributed by atoms with Gasteiger partial charge in [0.25, 0.3) is 5.56 Å². The highest BCUT2D eigenvalue weighted by atomic mass is 35.5. The number of hydrogen-bond donors (Lipinski definition) is 3. The topological polar surface area (TPSA) is 123 Å². The molecule has 36 heavy (non-hydrogen) atoms. The molecule has 11 heteroatoms. The average Bonchev–Trinajstić information content (AvgIpc) is 3.44. The van der Waals surface area contributed by atoms with E-state index in [1.807, 2.05) is 36.4 Å². The number of imidazole rings is 1. The Bertz CT molecular complexity index is 1760. The molecule has 6 rings (SSSR count). The number of aryl methyl sites for hydroxylation is 2. The van der Waals surface area contributed by atoms with Crippen molar-refractivity contribution in [3.63, 3.8) is 0 Å². The van der Waals surface area contributed by atoms with E-state index in [4.69, 9.17) is 11.6 Å². The third kappa shape index (κ3) is 3.61. The Kier molecular flexibility index (Phi) is 5.24. The Morgan fingerprint density at radius 3 is 2.69 bits per heavy atom. The Labute approximate surface area is 209 Å². The maximum absolute atomic E-state index is 13.5. The van der Waals surface area contributed by atoms with E-state index in [9.17, 15) is 14.7 Å². The van der Waals surface area contributed by atoms with Gasteiger partial charge in [0.15, 0.2) is 11.2 Å². The molecule has 0 spiro atoms. The molecule has 0 amide bonds. The van der Waals surface area contributed by atoms with E-state index in [1.165, 1.54) is 9.13 Å². The number of benzene rings is 1. The number of pyridine rings is 1. The number of fused-ring (bicyclic) bond motifs is 2. The lowest BCUT2D eigenvalue weighted by atomic mass is 10.2. The van der Waals surface area contributed by atoms with Crippen molar-refractivity contribution < 1.29 is 5.11 Å². The number of aliphatic hydroxyl groups excluding tert-OH is 1. The van der Waals surface area contributed by atoms with E-state index in [1.54, 1.807) is 24.7 Å². The molecule has 0 radical (unpaired) electrons. The molecule has 4 aromatic heterocycles. The Morgan fingerprint density at radius 2 is 1.94 bits per heavy atom. The second-order valence-corrected chi connectivity index (χ2v) is 9.66. The van der Waals surface area contributed by atoms with E-state index in [0.29, 0.717) is 28.0 Å². The number of nitrogens with one attached hydrogen (secondary N) is 2. The van der Waals surface area contributed by atoms with Crippen LogP contribution in [0.1, 0.15) is 23.7 Å². The highest BCUT2D eigenvalue weighted by Crippen LogP contribution is 2.46. The number of nitrogens with zero attached hydrogens (tertiary/aromatic N) is 5. The van der Waals surface area contributed by atoms with E-state index in [2.05, 4.69) is 20.3 Å². The number of rotatable bonds is 6. The van der Waals surface area contributed by atoms with Gasteiger partial charge in [-0.15, -0.1) is 0 Å². The number of aromatic nitrogens is 6. The van der Waals surface area contributed by atoms with Crippen molar-refractivity contribution in [1.82, 2.24) is 28.7 Å². The lowest BCUT2D eigenvalue weighted by Crippen LogP contribution is -2.39. The van der Waals surface area contributed by atoms with Crippen LogP contribution in [0.4, 0.5) is 11.8 Å². The minimum Gasteiger partial charge on any atom is -0.396 e. The molecular weight excluding hydrogens is 482 g/mol. The fourth-order valence-electron chi connectivity index (χ4n) is 4.78. The lowest BCUT2D eigenvalue weighted by molar-refractivity contribution is 0.273. The van der Waals surface area contributed by atoms with Gasteiger partial charge in [-0.05, 0) is 42.7 Å². The van der Waals surface area contributed by atoms with Crippen LogP contribution < -0.4 is 16.6 Å². The zero-order chi connectivity index (χ0) is 25.1. The monoisotopic (exact) mass is 505 g/mol. The van der Waals surface area contributed by atoms with Gasteiger partial charge in [0.1, 0.15) is 5.82 Å². The summed E-state index contributed by atoms with van der Waals surface area (Å²) in [4.78, 5) is 39.1. The third-order valence-corrected chi connectivity index (χ3v) is 7.23. The molecule has 0 saturated heterocycles. The van der Waals surface area contributed by atoms with Crippen LogP contribution in [0.2, 0.25) is 5.02 Å². The largest absolute Gasteiger partial charge is 0.396 e. The van der Waals surface area contributed by atoms with E-state index >= 15 is 0 Å². The minimum atomic E-state index is -0.467. The standard InChI is InChI=1S/C25H24ClN7O3/c1-31-21-22(30-24(31)29-20-8-4-7-18(28-20)15-9-13(15)12-34)32(2)25(36)33(23(21)35)11-14-10-16-17(26)5-3-6-19(16)27-14/h3-8,10,13,15,27,34H,9,11-12H2,1-2H3,(H,28,29,30)/t13-,15+/m0/s1. The third-order valence-electron chi connectivity index (χ3n) is 6.90. The second kappa shape index (κ2) is 8.35. The van der Waals surface area contributed by atoms with Crippen LogP contribution >= 0.6 is 11.6 Å². The first-order chi connectivity index (χ1) is 17.4. The van der Waals surface area contributed by atoms with Crippen LogP contribution in [0, 0.1) is 5.92 Å². The molecule has 10 nitrogen and oxygen atoms in total. The van der Waals surface area contributed by atoms with Crippen LogP contribution in [0.5, 0.6) is 0 Å². The minimum absolute atomic E-state index is 0.0669. The zero-order valence-electron chi connectivity index (χ0n) is 19.7. The normalized spacial score (nSPS) is 17.2. The van der Waals surface area contributed by atoms with Crippen molar-refractivity contribution in [1.29, 1.82) is 0 Å². The molecule has 1 aliphatic rings. The molecule has 1 fully saturated rings. The fourth-order valence-corrected chi connectivity index (χ4v) is 5.01. The Hall–Kier alpha value is -3.89. The van der Waals surface area contributed by atoms with Crippen LogP contribution in [0.25, 0.3) is 22.1 Å². The molecule has 4 heterocycles. The van der Waals surface area contributed by atoms with Crippen molar-refractivity contribution in [2.75, 3.05) is 11.9 Å². The first kappa shape index (κ1) is 22.6. The van der Waals surface area contributed by atoms with Crippen molar-refractivity contribution in [3.8, 4) is 0 Å². The van der Waals surface area contributed by atoms with Gasteiger partial charge < -0.3 is 20.0 Å². The molecule has 1 saturated carbocycles. The molecule has 5 aromatic rings. The summed E-state index contributed by atoms with van der Waals surface area (Å²) < 4.78 is 4.20. The maximum atomic E-state index is 13.5. The summed E-state index contributed by atoms with van der Waals surface area (Å²) >= 11 is 6.29. The molecule has 0 unspecified atom stereocenters. The van der Waals surface area contributed by atoms with Crippen LogP contribution in [0.15, 0.2) is 52.1 Å². The first-order valence-corrected chi connectivity index (χ1v) is 12.0. The zero-order valence-corrected chi connectivity index (χ0v) is 20.5. The molecule has 2 atom stereocenters. The van der Waals surface area contributed by atoms with E-state index in [-0.39, 0.29) is 30.6 Å². The van der Waals surface area contributed by atoms with E-state index in [0.717, 1.165) is 23.0 Å². The van der Waals surface area contributed by atoms with Crippen molar-refractivity contribution in [2.45, 2.75) is 18.9 Å². The summed E-state index contributed by atoms with van der Waals surface area (Å²) in [5.74, 6) is 1.48. The van der Waals surface area contributed by atoms with Gasteiger partial charge in [-0.25, -0.2) is 9.78 Å². The summed E-state index contributed by atoms with van der Waals surface area (Å²) in [6.45, 7) is 0.220. The molecule has 0 bridgehead atoms. The van der Waals surface area contributed by atoms with Gasteiger partial charge in [0.05, 0.1) is 6.54 Å². The summed E-state index contributed by atoms with van der Waals surface area (Å²) in [6, 6.07) is 13.0. The summed E-state index contributed by atoms with van der Waals surface area (Å²) in [6.07, 6.45) is 0.920. The molecule has 0 aliphatic heterocycles. The Balaban J connectivity index is 1.38. The molecular formula is C25H24ClN7O3. The second-order valence-electron chi connectivity index (χ2n) is 9.25. The van der Waals surface area contributed by atoms with Gasteiger partial charge in [0, 0.05) is 53.9 Å². The van der Waals surface area contributed by atoms with Gasteiger partial charge in [-0.1, -0.05) is 23.7 Å². The number of H-pyrrole nitrogens is 1. The Morgan fingerprint density at radius 1 is 1.14 bits per heavy atom. The predicted molar refractivity (Wildman–Crippen MR) is 138 cm³/mol. The van der Waals surface area contributed by atoms with Crippen LogP contribution in [0.3, 0.4) is 0 Å². The van der Waals surface area contributed by atoms with Gasteiger partial charge in [-0.2, -0.15) is 4.98 Å². The lowest BCUT2D eigenvalue weighted by Gasteiger charge is -2.08. The maximum Gasteiger partial charge on any atom is 0.332 e. The molecule has 184 valence electrons. The fraction of sp³-hybridized carbons (Fsp3) is 0.280. The van der Waals surface area contributed by atoms with Gasteiger partial charge in [0.2, 0.25) is 5.95 Å². The average molecular weight is 506 g/mol. The van der Waals surface area contributed by atoms with Crippen molar-refractivity contribution in [2.24, 2.45) is 20.0 Å². The molecule has 3 N–H and O–H groups in total. The quantitative estimate of drug-likeness (QED) is 0.326. The first-order valence-electron chi connectivity index (χ1n) is 11.6. The number of halogens is 1. The highest BCUT2D eigenvalue weighted by molar-refractivity contribution is 6.35. The summed E-state index contributed by atoms with van der Waals surface area (Å²) in [5.41, 5.74) is 2.11. The summed E-state index contributed by atoms with van der Waals surface area (Å²) in [5, 5.41) is 14.0. The molecule has 1 aliphatic carbocycles. The van der Waals surface area contributed by atoms with Crippen molar-refractivity contribution in [3.05, 3.63) is 79.7 Å². The van der Waals surface area contributed by atoms with Gasteiger partial charge in [-0.3, -0.25) is 13.9 Å². The van der Waals surface area contributed by atoms with Crippen molar-refractivity contribution >= 4 is 45.4 Å².